The first kappa shape index (κ1) is 14.5. The molecular weight excluding hydrogens is 282 g/mol. The number of nitrogens with two attached hydrogens (primary N) is 1. The van der Waals surface area contributed by atoms with Crippen molar-refractivity contribution in [3.63, 3.8) is 0 Å². The van der Waals surface area contributed by atoms with Crippen LogP contribution < -0.4 is 10.5 Å². The number of rotatable bonds is 6. The molecule has 0 aliphatic carbocycles. The summed E-state index contributed by atoms with van der Waals surface area (Å²) in [6.07, 6.45) is 0.241. The van der Waals surface area contributed by atoms with Crippen molar-refractivity contribution in [1.82, 2.24) is 0 Å². The lowest BCUT2D eigenvalue weighted by molar-refractivity contribution is 0.0552. The van der Waals surface area contributed by atoms with Crippen LogP contribution in [0, 0.1) is 0 Å². The average molecular weight is 302 g/mol. The van der Waals surface area contributed by atoms with Gasteiger partial charge in [-0.1, -0.05) is 22.0 Å². The number of ether oxygens (including phenoxy) is 2. The summed E-state index contributed by atoms with van der Waals surface area (Å²) >= 11 is 3.49. The van der Waals surface area contributed by atoms with Gasteiger partial charge in [-0.2, -0.15) is 0 Å². The highest BCUT2D eigenvalue weighted by molar-refractivity contribution is 9.10. The first-order valence-electron chi connectivity index (χ1n) is 5.80. The highest BCUT2D eigenvalue weighted by Gasteiger charge is 2.06. The molecule has 2 N–H and O–H groups in total. The van der Waals surface area contributed by atoms with E-state index < -0.39 is 0 Å². The molecule has 0 saturated carbocycles. The predicted molar refractivity (Wildman–Crippen MR) is 73.3 cm³/mol. The van der Waals surface area contributed by atoms with Gasteiger partial charge in [0.05, 0.1) is 12.7 Å². The molecule has 0 saturated heterocycles. The van der Waals surface area contributed by atoms with Crippen LogP contribution in [0.4, 0.5) is 0 Å². The van der Waals surface area contributed by atoms with Gasteiger partial charge in [0, 0.05) is 10.5 Å². The zero-order chi connectivity index (χ0) is 12.8. The Balaban J connectivity index is 2.47. The standard InChI is InChI=1S/C13H20BrNO2/c1-9(2)16-6-7-17-11-4-5-12(10(3)15)13(14)8-11/h4-5,8-10H,6-7,15H2,1-3H3/t10-/m1/s1. The summed E-state index contributed by atoms with van der Waals surface area (Å²) in [5.74, 6) is 0.827. The Morgan fingerprint density at radius 2 is 1.94 bits per heavy atom. The van der Waals surface area contributed by atoms with Crippen LogP contribution in [0.3, 0.4) is 0 Å². The summed E-state index contributed by atoms with van der Waals surface area (Å²) in [4.78, 5) is 0. The third kappa shape index (κ3) is 5.06. The van der Waals surface area contributed by atoms with E-state index in [-0.39, 0.29) is 12.1 Å². The minimum atomic E-state index is 0.0164. The van der Waals surface area contributed by atoms with Crippen molar-refractivity contribution in [2.45, 2.75) is 32.9 Å². The lowest BCUT2D eigenvalue weighted by Crippen LogP contribution is -2.11. The van der Waals surface area contributed by atoms with Crippen LogP contribution in [0.2, 0.25) is 0 Å². The maximum atomic E-state index is 5.83. The smallest absolute Gasteiger partial charge is 0.120 e. The van der Waals surface area contributed by atoms with Crippen molar-refractivity contribution >= 4 is 15.9 Å². The second kappa shape index (κ2) is 6.99. The van der Waals surface area contributed by atoms with Gasteiger partial charge in [0.25, 0.3) is 0 Å². The molecule has 1 rings (SSSR count). The molecule has 0 unspecified atom stereocenters. The largest absolute Gasteiger partial charge is 0.491 e. The molecule has 0 spiro atoms. The number of benzene rings is 1. The monoisotopic (exact) mass is 301 g/mol. The fourth-order valence-corrected chi connectivity index (χ4v) is 2.13. The molecule has 0 radical (unpaired) electrons. The second-order valence-corrected chi connectivity index (χ2v) is 5.09. The quantitative estimate of drug-likeness (QED) is 0.820. The Kier molecular flexibility index (Phi) is 5.95. The van der Waals surface area contributed by atoms with Crippen molar-refractivity contribution < 1.29 is 9.47 Å². The first-order chi connectivity index (χ1) is 8.00. The molecule has 1 aromatic rings. The summed E-state index contributed by atoms with van der Waals surface area (Å²) in [6.45, 7) is 7.13. The molecule has 0 bridgehead atoms. The zero-order valence-electron chi connectivity index (χ0n) is 10.6. The molecule has 17 heavy (non-hydrogen) atoms. The number of hydrogen-bond donors (Lipinski definition) is 1. The highest BCUT2D eigenvalue weighted by Crippen LogP contribution is 2.26. The van der Waals surface area contributed by atoms with E-state index in [1.807, 2.05) is 39.0 Å². The Morgan fingerprint density at radius 1 is 1.24 bits per heavy atom. The number of hydrogen-bond acceptors (Lipinski definition) is 3. The van der Waals surface area contributed by atoms with Crippen LogP contribution in [-0.2, 0) is 4.74 Å². The van der Waals surface area contributed by atoms with Gasteiger partial charge in [0.15, 0.2) is 0 Å². The Hall–Kier alpha value is -0.580. The third-order valence-electron chi connectivity index (χ3n) is 2.27. The summed E-state index contributed by atoms with van der Waals surface area (Å²) in [7, 11) is 0. The van der Waals surface area contributed by atoms with Crippen LogP contribution in [0.5, 0.6) is 5.75 Å². The summed E-state index contributed by atoms with van der Waals surface area (Å²) in [5.41, 5.74) is 6.91. The molecule has 0 amide bonds. The summed E-state index contributed by atoms with van der Waals surface area (Å²) in [5, 5.41) is 0. The van der Waals surface area contributed by atoms with Crippen molar-refractivity contribution in [3.8, 4) is 5.75 Å². The molecule has 0 aliphatic heterocycles. The predicted octanol–water partition coefficient (Wildman–Crippen LogP) is 3.27. The van der Waals surface area contributed by atoms with E-state index in [1.54, 1.807) is 0 Å². The molecule has 1 aromatic carbocycles. The molecule has 0 aromatic heterocycles. The average Bonchev–Trinajstić information content (AvgIpc) is 2.23. The Bertz CT molecular complexity index is 353. The van der Waals surface area contributed by atoms with Crippen molar-refractivity contribution in [1.29, 1.82) is 0 Å². The zero-order valence-corrected chi connectivity index (χ0v) is 12.2. The summed E-state index contributed by atoms with van der Waals surface area (Å²) < 4.78 is 12.0. The van der Waals surface area contributed by atoms with Crippen molar-refractivity contribution in [2.24, 2.45) is 5.73 Å². The molecular formula is C13H20BrNO2. The molecule has 0 aliphatic rings. The normalized spacial score (nSPS) is 12.8. The van der Waals surface area contributed by atoms with Gasteiger partial charge in [-0.15, -0.1) is 0 Å². The van der Waals surface area contributed by atoms with Crippen LogP contribution >= 0.6 is 15.9 Å². The highest BCUT2D eigenvalue weighted by atomic mass is 79.9. The minimum absolute atomic E-state index is 0.0164. The molecule has 0 heterocycles. The van der Waals surface area contributed by atoms with E-state index in [0.717, 1.165) is 15.8 Å². The van der Waals surface area contributed by atoms with Crippen LogP contribution in [0.25, 0.3) is 0 Å². The molecule has 4 heteroatoms. The minimum Gasteiger partial charge on any atom is -0.491 e. The van der Waals surface area contributed by atoms with Gasteiger partial charge in [-0.05, 0) is 38.5 Å². The van der Waals surface area contributed by atoms with Gasteiger partial charge in [-0.3, -0.25) is 0 Å². The third-order valence-corrected chi connectivity index (χ3v) is 2.95. The maximum Gasteiger partial charge on any atom is 0.120 e. The number of halogens is 1. The second-order valence-electron chi connectivity index (χ2n) is 4.24. The fourth-order valence-electron chi connectivity index (χ4n) is 1.41. The Morgan fingerprint density at radius 3 is 2.47 bits per heavy atom. The topological polar surface area (TPSA) is 44.5 Å². The maximum absolute atomic E-state index is 5.83. The van der Waals surface area contributed by atoms with Gasteiger partial charge in [-0.25, -0.2) is 0 Å². The lowest BCUT2D eigenvalue weighted by Gasteiger charge is -2.12. The molecule has 0 fully saturated rings. The van der Waals surface area contributed by atoms with E-state index in [2.05, 4.69) is 15.9 Å². The first-order valence-corrected chi connectivity index (χ1v) is 6.59. The van der Waals surface area contributed by atoms with Crippen LogP contribution in [0.15, 0.2) is 22.7 Å². The van der Waals surface area contributed by atoms with Gasteiger partial charge < -0.3 is 15.2 Å². The molecule has 1 atom stereocenters. The van der Waals surface area contributed by atoms with Crippen LogP contribution in [-0.4, -0.2) is 19.3 Å². The van der Waals surface area contributed by atoms with Gasteiger partial charge >= 0.3 is 0 Å². The lowest BCUT2D eigenvalue weighted by atomic mass is 10.1. The van der Waals surface area contributed by atoms with Crippen molar-refractivity contribution in [3.05, 3.63) is 28.2 Å². The van der Waals surface area contributed by atoms with Crippen LogP contribution in [0.1, 0.15) is 32.4 Å². The van der Waals surface area contributed by atoms with Crippen molar-refractivity contribution in [2.75, 3.05) is 13.2 Å². The fraction of sp³-hybridized carbons (Fsp3) is 0.538. The summed E-state index contributed by atoms with van der Waals surface area (Å²) in [6, 6.07) is 5.86. The van der Waals surface area contributed by atoms with Gasteiger partial charge in [0.2, 0.25) is 0 Å². The Labute approximate surface area is 111 Å². The van der Waals surface area contributed by atoms with E-state index in [0.29, 0.717) is 13.2 Å². The molecule has 3 nitrogen and oxygen atoms in total. The van der Waals surface area contributed by atoms with E-state index >= 15 is 0 Å². The molecule has 96 valence electrons. The van der Waals surface area contributed by atoms with E-state index in [1.165, 1.54) is 0 Å². The SMILES string of the molecule is CC(C)OCCOc1ccc([C@@H](C)N)c(Br)c1. The van der Waals surface area contributed by atoms with Gasteiger partial charge in [0.1, 0.15) is 12.4 Å². The van der Waals surface area contributed by atoms with E-state index in [4.69, 9.17) is 15.2 Å². The van der Waals surface area contributed by atoms with E-state index in [9.17, 15) is 0 Å².